The van der Waals surface area contributed by atoms with E-state index in [0.717, 1.165) is 12.5 Å². The number of carbonyl (C=O) groups is 1. The highest BCUT2D eigenvalue weighted by Gasteiger charge is 2.43. The summed E-state index contributed by atoms with van der Waals surface area (Å²) in [6.07, 6.45) is 2.34. The molecule has 1 aromatic rings. The van der Waals surface area contributed by atoms with Gasteiger partial charge in [0.2, 0.25) is 5.91 Å². The summed E-state index contributed by atoms with van der Waals surface area (Å²) in [7, 11) is 0. The summed E-state index contributed by atoms with van der Waals surface area (Å²) in [6.45, 7) is 0.232. The fourth-order valence-corrected chi connectivity index (χ4v) is 1.98. The normalized spacial score (nSPS) is 17.4. The number of carbonyl (C=O) groups excluding carboxylic acids is 1. The Morgan fingerprint density at radius 2 is 2.12 bits per heavy atom. The Morgan fingerprint density at radius 1 is 1.41 bits per heavy atom. The van der Waals surface area contributed by atoms with Crippen LogP contribution in [0.25, 0.3) is 0 Å². The lowest BCUT2D eigenvalue weighted by Crippen LogP contribution is -2.47. The van der Waals surface area contributed by atoms with Gasteiger partial charge in [-0.05, 0) is 25.0 Å². The third-order valence-electron chi connectivity index (χ3n) is 3.38. The quantitative estimate of drug-likeness (QED) is 0.849. The molecule has 1 amide bonds. The first kappa shape index (κ1) is 12.0. The van der Waals surface area contributed by atoms with Crippen molar-refractivity contribution in [3.63, 3.8) is 0 Å². The first-order chi connectivity index (χ1) is 8.09. The lowest BCUT2D eigenvalue weighted by molar-refractivity contribution is -0.129. The van der Waals surface area contributed by atoms with Crippen molar-refractivity contribution >= 4 is 11.6 Å². The predicted octanol–water partition coefficient (Wildman–Crippen LogP) is 2.03. The molecular weight excluding hydrogens is 226 g/mol. The van der Waals surface area contributed by atoms with Gasteiger partial charge in [0.05, 0.1) is 11.1 Å². The number of amides is 1. The van der Waals surface area contributed by atoms with Crippen LogP contribution in [0.1, 0.15) is 19.3 Å². The maximum absolute atomic E-state index is 13.4. The lowest BCUT2D eigenvalue weighted by Gasteiger charge is -2.39. The molecular formula is C12H14F2N2O. The lowest BCUT2D eigenvalue weighted by atomic mass is 9.68. The van der Waals surface area contributed by atoms with Crippen LogP contribution in [-0.4, -0.2) is 12.5 Å². The topological polar surface area (TPSA) is 55.1 Å². The van der Waals surface area contributed by atoms with Gasteiger partial charge in [0, 0.05) is 6.54 Å². The first-order valence-corrected chi connectivity index (χ1v) is 5.55. The summed E-state index contributed by atoms with van der Waals surface area (Å²) < 4.78 is 26.3. The van der Waals surface area contributed by atoms with Crippen molar-refractivity contribution in [1.82, 2.24) is 0 Å². The fourth-order valence-electron chi connectivity index (χ4n) is 1.98. The summed E-state index contributed by atoms with van der Waals surface area (Å²) in [5.74, 6) is -2.33. The van der Waals surface area contributed by atoms with Gasteiger partial charge >= 0.3 is 0 Å². The van der Waals surface area contributed by atoms with Crippen LogP contribution in [0, 0.1) is 17.0 Å². The van der Waals surface area contributed by atoms with E-state index in [2.05, 4.69) is 5.32 Å². The molecule has 92 valence electrons. The molecule has 0 spiro atoms. The zero-order chi connectivity index (χ0) is 12.5. The molecule has 5 heteroatoms. The zero-order valence-electron chi connectivity index (χ0n) is 9.30. The van der Waals surface area contributed by atoms with Crippen LogP contribution < -0.4 is 11.1 Å². The van der Waals surface area contributed by atoms with E-state index in [4.69, 9.17) is 5.73 Å². The van der Waals surface area contributed by atoms with E-state index < -0.39 is 17.0 Å². The molecule has 0 aromatic heterocycles. The summed E-state index contributed by atoms with van der Waals surface area (Å²) in [5.41, 5.74) is 4.83. The fraction of sp³-hybridized carbons (Fsp3) is 0.417. The molecule has 1 aliphatic rings. The Morgan fingerprint density at radius 3 is 2.65 bits per heavy atom. The highest BCUT2D eigenvalue weighted by molar-refractivity contribution is 5.96. The van der Waals surface area contributed by atoms with Crippen LogP contribution in [-0.2, 0) is 4.79 Å². The molecule has 3 N–H and O–H groups in total. The van der Waals surface area contributed by atoms with E-state index in [1.165, 1.54) is 12.1 Å². The van der Waals surface area contributed by atoms with Gasteiger partial charge in [-0.3, -0.25) is 4.79 Å². The van der Waals surface area contributed by atoms with Crippen LogP contribution in [0.4, 0.5) is 14.5 Å². The number of halogens is 2. The number of hydrogen-bond donors (Lipinski definition) is 2. The van der Waals surface area contributed by atoms with Crippen molar-refractivity contribution in [2.24, 2.45) is 11.1 Å². The number of rotatable bonds is 3. The van der Waals surface area contributed by atoms with Crippen LogP contribution in [0.2, 0.25) is 0 Å². The van der Waals surface area contributed by atoms with Crippen molar-refractivity contribution < 1.29 is 13.6 Å². The summed E-state index contributed by atoms with van der Waals surface area (Å²) in [5, 5.41) is 2.41. The minimum Gasteiger partial charge on any atom is -0.329 e. The monoisotopic (exact) mass is 240 g/mol. The number of nitrogens with one attached hydrogen (secondary N) is 1. The van der Waals surface area contributed by atoms with Gasteiger partial charge in [0.1, 0.15) is 0 Å². The van der Waals surface area contributed by atoms with Crippen LogP contribution in [0.15, 0.2) is 18.2 Å². The molecule has 0 bridgehead atoms. The first-order valence-electron chi connectivity index (χ1n) is 5.55. The highest BCUT2D eigenvalue weighted by atomic mass is 19.2. The third-order valence-corrected chi connectivity index (χ3v) is 3.38. The molecule has 1 aromatic carbocycles. The van der Waals surface area contributed by atoms with Gasteiger partial charge in [-0.2, -0.15) is 0 Å². The molecule has 1 fully saturated rings. The summed E-state index contributed by atoms with van der Waals surface area (Å²) >= 11 is 0. The second-order valence-corrected chi connectivity index (χ2v) is 4.39. The minimum absolute atomic E-state index is 0.130. The Labute approximate surface area is 98.0 Å². The SMILES string of the molecule is NCC1(C(=O)Nc2cccc(F)c2F)CCC1. The molecule has 1 saturated carbocycles. The standard InChI is InChI=1S/C12H14F2N2O/c13-8-3-1-4-9(10(8)14)16-11(17)12(7-15)5-2-6-12/h1,3-4H,2,5-7,15H2,(H,16,17). The van der Waals surface area contributed by atoms with E-state index in [1.807, 2.05) is 0 Å². The molecule has 1 aliphatic carbocycles. The molecule has 0 atom stereocenters. The summed E-state index contributed by atoms with van der Waals surface area (Å²) in [6, 6.07) is 3.69. The number of nitrogens with two attached hydrogens (primary N) is 1. The van der Waals surface area contributed by atoms with Gasteiger partial charge in [-0.1, -0.05) is 12.5 Å². The second kappa shape index (κ2) is 4.41. The molecule has 17 heavy (non-hydrogen) atoms. The largest absolute Gasteiger partial charge is 0.329 e. The zero-order valence-corrected chi connectivity index (χ0v) is 9.30. The van der Waals surface area contributed by atoms with Crippen molar-refractivity contribution in [2.45, 2.75) is 19.3 Å². The van der Waals surface area contributed by atoms with E-state index in [-0.39, 0.29) is 18.1 Å². The second-order valence-electron chi connectivity index (χ2n) is 4.39. The van der Waals surface area contributed by atoms with Gasteiger partial charge in [-0.25, -0.2) is 8.78 Å². The van der Waals surface area contributed by atoms with Gasteiger partial charge in [0.15, 0.2) is 11.6 Å². The number of benzene rings is 1. The average molecular weight is 240 g/mol. The minimum atomic E-state index is -1.03. The van der Waals surface area contributed by atoms with Crippen molar-refractivity contribution in [3.8, 4) is 0 Å². The molecule has 2 rings (SSSR count). The van der Waals surface area contributed by atoms with Crippen LogP contribution >= 0.6 is 0 Å². The summed E-state index contributed by atoms with van der Waals surface area (Å²) in [4.78, 5) is 11.9. The third kappa shape index (κ3) is 2.02. The Hall–Kier alpha value is -1.49. The Bertz CT molecular complexity index is 439. The van der Waals surface area contributed by atoms with Crippen molar-refractivity contribution in [2.75, 3.05) is 11.9 Å². The molecule has 0 heterocycles. The van der Waals surface area contributed by atoms with E-state index in [9.17, 15) is 13.6 Å². The van der Waals surface area contributed by atoms with Crippen LogP contribution in [0.3, 0.4) is 0 Å². The Balaban J connectivity index is 2.16. The molecule has 0 saturated heterocycles. The smallest absolute Gasteiger partial charge is 0.231 e. The van der Waals surface area contributed by atoms with E-state index in [1.54, 1.807) is 0 Å². The molecule has 0 radical (unpaired) electrons. The highest BCUT2D eigenvalue weighted by Crippen LogP contribution is 2.40. The van der Waals surface area contributed by atoms with E-state index in [0.29, 0.717) is 12.8 Å². The number of hydrogen-bond acceptors (Lipinski definition) is 2. The molecule has 0 aliphatic heterocycles. The average Bonchev–Trinajstić information content (AvgIpc) is 2.24. The molecule has 0 unspecified atom stereocenters. The van der Waals surface area contributed by atoms with Gasteiger partial charge in [-0.15, -0.1) is 0 Å². The maximum atomic E-state index is 13.4. The predicted molar refractivity (Wildman–Crippen MR) is 60.3 cm³/mol. The van der Waals surface area contributed by atoms with E-state index >= 15 is 0 Å². The van der Waals surface area contributed by atoms with Gasteiger partial charge in [0.25, 0.3) is 0 Å². The number of anilines is 1. The molecule has 3 nitrogen and oxygen atoms in total. The maximum Gasteiger partial charge on any atom is 0.231 e. The Kier molecular flexibility index (Phi) is 3.11. The van der Waals surface area contributed by atoms with Crippen LogP contribution in [0.5, 0.6) is 0 Å². The van der Waals surface area contributed by atoms with Crippen molar-refractivity contribution in [3.05, 3.63) is 29.8 Å². The van der Waals surface area contributed by atoms with Crippen molar-refractivity contribution in [1.29, 1.82) is 0 Å². The van der Waals surface area contributed by atoms with Gasteiger partial charge < -0.3 is 11.1 Å².